The number of ether oxygens (including phenoxy) is 3. The molecule has 2 heterocycles. The fourth-order valence-corrected chi connectivity index (χ4v) is 5.34. The molecule has 0 amide bonds. The Kier molecular flexibility index (Phi) is 10.1. The summed E-state index contributed by atoms with van der Waals surface area (Å²) in [6, 6.07) is 0. The van der Waals surface area contributed by atoms with E-state index in [1.807, 2.05) is 20.8 Å². The number of esters is 2. The van der Waals surface area contributed by atoms with Crippen LogP contribution in [0, 0.1) is 5.41 Å². The second kappa shape index (κ2) is 12.6. The molecule has 0 saturated heterocycles. The zero-order valence-electron chi connectivity index (χ0n) is 21.9. The van der Waals surface area contributed by atoms with Crippen molar-refractivity contribution in [1.29, 1.82) is 0 Å². The number of aryl methyl sites for hydroxylation is 1. The van der Waals surface area contributed by atoms with E-state index in [0.717, 1.165) is 36.1 Å². The van der Waals surface area contributed by atoms with Crippen LogP contribution < -0.4 is 4.74 Å². The lowest BCUT2D eigenvalue weighted by Gasteiger charge is -2.23. The van der Waals surface area contributed by atoms with Gasteiger partial charge < -0.3 is 14.2 Å². The Morgan fingerprint density at radius 1 is 1.05 bits per heavy atom. The summed E-state index contributed by atoms with van der Waals surface area (Å²) in [5.74, 6) is 0.219. The predicted molar refractivity (Wildman–Crippen MR) is 143 cm³/mol. The van der Waals surface area contributed by atoms with Gasteiger partial charge >= 0.3 is 11.9 Å². The molecule has 0 saturated carbocycles. The van der Waals surface area contributed by atoms with Crippen molar-refractivity contribution in [3.63, 3.8) is 0 Å². The van der Waals surface area contributed by atoms with Crippen molar-refractivity contribution in [1.82, 2.24) is 15.0 Å². The monoisotopic (exact) mass is 569 g/mol. The number of hydrogen-bond donors (Lipinski definition) is 0. The topological polar surface area (TPSA) is 101 Å². The molecule has 0 unspecified atom stereocenters. The molecule has 2 aromatic rings. The van der Waals surface area contributed by atoms with Crippen molar-refractivity contribution in [3.05, 3.63) is 39.3 Å². The molecule has 0 atom stereocenters. The molecule has 0 radical (unpaired) electrons. The van der Waals surface area contributed by atoms with Gasteiger partial charge in [-0.3, -0.25) is 14.6 Å². The van der Waals surface area contributed by atoms with Crippen LogP contribution in [0.2, 0.25) is 10.0 Å². The minimum atomic E-state index is -0.775. The molecule has 8 nitrogen and oxygen atoms in total. The van der Waals surface area contributed by atoms with Crippen molar-refractivity contribution in [3.8, 4) is 5.88 Å². The second-order valence-electron chi connectivity index (χ2n) is 10.5. The summed E-state index contributed by atoms with van der Waals surface area (Å²) in [5, 5.41) is 1.50. The summed E-state index contributed by atoms with van der Waals surface area (Å²) in [6.45, 7) is 8.80. The first-order valence-electron chi connectivity index (χ1n) is 12.2. The molecular weight excluding hydrogens is 537 g/mol. The lowest BCUT2D eigenvalue weighted by Crippen LogP contribution is -2.29. The van der Waals surface area contributed by atoms with E-state index in [2.05, 4.69) is 15.0 Å². The van der Waals surface area contributed by atoms with Gasteiger partial charge in [-0.25, -0.2) is 4.98 Å². The summed E-state index contributed by atoms with van der Waals surface area (Å²) in [5.41, 5.74) is 1.34. The average molecular weight is 571 g/mol. The largest absolute Gasteiger partial charge is 0.460 e. The van der Waals surface area contributed by atoms with Crippen molar-refractivity contribution in [2.75, 3.05) is 6.79 Å². The first-order valence-corrected chi connectivity index (χ1v) is 13.9. The number of fused-ring (bicyclic) bond motifs is 1. The number of pyridine rings is 1. The van der Waals surface area contributed by atoms with Gasteiger partial charge in [-0.15, -0.1) is 0 Å². The summed E-state index contributed by atoms with van der Waals surface area (Å²) >= 11 is 13.9. The Balaban J connectivity index is 1.55. The molecule has 2 aromatic heterocycles. The number of halogens is 2. The van der Waals surface area contributed by atoms with E-state index >= 15 is 0 Å². The Morgan fingerprint density at radius 2 is 1.76 bits per heavy atom. The summed E-state index contributed by atoms with van der Waals surface area (Å²) in [4.78, 5) is 37.8. The molecule has 0 aliphatic heterocycles. The first-order chi connectivity index (χ1) is 17.4. The van der Waals surface area contributed by atoms with Crippen LogP contribution in [0.15, 0.2) is 17.6 Å². The third kappa shape index (κ3) is 8.72. The van der Waals surface area contributed by atoms with Crippen LogP contribution in [-0.4, -0.2) is 39.3 Å². The number of aromatic nitrogens is 3. The highest BCUT2D eigenvalue weighted by Gasteiger charge is 2.30. The van der Waals surface area contributed by atoms with E-state index in [-0.39, 0.29) is 19.2 Å². The van der Waals surface area contributed by atoms with Gasteiger partial charge in [-0.05, 0) is 66.7 Å². The van der Waals surface area contributed by atoms with Crippen LogP contribution in [0.25, 0.3) is 0 Å². The van der Waals surface area contributed by atoms with Gasteiger partial charge in [0.05, 0.1) is 21.2 Å². The second-order valence-corrected chi connectivity index (χ2v) is 12.2. The van der Waals surface area contributed by atoms with Gasteiger partial charge in [0, 0.05) is 35.7 Å². The van der Waals surface area contributed by atoms with E-state index in [4.69, 9.17) is 37.4 Å². The van der Waals surface area contributed by atoms with Gasteiger partial charge in [0.25, 0.3) is 0 Å². The van der Waals surface area contributed by atoms with E-state index in [1.54, 1.807) is 26.2 Å². The SMILES string of the molecule is CC(C)(C)OC(=O)CCCC(C)(C)C(=O)OCOc1nc(SCc2c(Cl)cncc2Cl)nc2c1CCC2. The number of hydrogen-bond acceptors (Lipinski definition) is 9. The minimum Gasteiger partial charge on any atom is -0.460 e. The van der Waals surface area contributed by atoms with E-state index in [1.165, 1.54) is 11.8 Å². The molecule has 0 fully saturated rings. The number of nitrogens with zero attached hydrogens (tertiary/aromatic N) is 3. The maximum Gasteiger partial charge on any atom is 0.314 e. The van der Waals surface area contributed by atoms with Crippen LogP contribution in [0.3, 0.4) is 0 Å². The Labute approximate surface area is 232 Å². The smallest absolute Gasteiger partial charge is 0.314 e. The standard InChI is InChI=1S/C26H33Cl2N3O5S/c1-25(2,3)36-21(32)10-7-11-26(4,5)23(33)35-15-34-22-16-8-6-9-20(16)30-24(31-22)37-14-17-18(27)12-29-13-19(17)28/h12-13H,6-11,14-15H2,1-5H3. The first kappa shape index (κ1) is 29.5. The van der Waals surface area contributed by atoms with Gasteiger partial charge in [0.1, 0.15) is 5.60 Å². The van der Waals surface area contributed by atoms with Crippen molar-refractivity contribution >= 4 is 46.9 Å². The third-order valence-electron chi connectivity index (χ3n) is 5.71. The number of carbonyl (C=O) groups excluding carboxylic acids is 2. The highest BCUT2D eigenvalue weighted by Crippen LogP contribution is 2.34. The zero-order chi connectivity index (χ0) is 27.2. The van der Waals surface area contributed by atoms with E-state index in [9.17, 15) is 9.59 Å². The minimum absolute atomic E-state index is 0.244. The number of thioether (sulfide) groups is 1. The van der Waals surface area contributed by atoms with Crippen LogP contribution in [0.4, 0.5) is 0 Å². The molecule has 202 valence electrons. The summed E-state index contributed by atoms with van der Waals surface area (Å²) in [7, 11) is 0. The average Bonchev–Trinajstić information content (AvgIpc) is 3.26. The zero-order valence-corrected chi connectivity index (χ0v) is 24.2. The summed E-state index contributed by atoms with van der Waals surface area (Å²) < 4.78 is 16.6. The lowest BCUT2D eigenvalue weighted by atomic mass is 9.87. The quantitative estimate of drug-likeness (QED) is 0.132. The Hall–Kier alpha value is -2.10. The molecule has 0 spiro atoms. The van der Waals surface area contributed by atoms with Crippen LogP contribution in [0.1, 0.15) is 77.1 Å². The van der Waals surface area contributed by atoms with Crippen molar-refractivity contribution in [2.24, 2.45) is 5.41 Å². The molecule has 3 rings (SSSR count). The predicted octanol–water partition coefficient (Wildman–Crippen LogP) is 6.38. The highest BCUT2D eigenvalue weighted by atomic mass is 35.5. The third-order valence-corrected chi connectivity index (χ3v) is 7.24. The van der Waals surface area contributed by atoms with Crippen LogP contribution >= 0.6 is 35.0 Å². The molecule has 1 aliphatic carbocycles. The number of carbonyl (C=O) groups is 2. The van der Waals surface area contributed by atoms with Gasteiger partial charge in [0.2, 0.25) is 12.7 Å². The van der Waals surface area contributed by atoms with E-state index < -0.39 is 17.0 Å². The van der Waals surface area contributed by atoms with Gasteiger partial charge in [0.15, 0.2) is 5.16 Å². The maximum absolute atomic E-state index is 12.7. The molecule has 0 N–H and O–H groups in total. The van der Waals surface area contributed by atoms with Crippen molar-refractivity contribution < 1.29 is 23.8 Å². The normalized spacial score (nSPS) is 13.3. The lowest BCUT2D eigenvalue weighted by molar-refractivity contribution is -0.162. The Bertz CT molecular complexity index is 1120. The fraction of sp³-hybridized carbons (Fsp3) is 0.577. The molecule has 0 bridgehead atoms. The molecule has 37 heavy (non-hydrogen) atoms. The van der Waals surface area contributed by atoms with Crippen LogP contribution in [0.5, 0.6) is 5.88 Å². The maximum atomic E-state index is 12.7. The molecule has 11 heteroatoms. The fourth-order valence-electron chi connectivity index (χ4n) is 3.78. The van der Waals surface area contributed by atoms with Gasteiger partial charge in [-0.2, -0.15) is 4.98 Å². The Morgan fingerprint density at radius 3 is 2.43 bits per heavy atom. The molecular formula is C26H33Cl2N3O5S. The highest BCUT2D eigenvalue weighted by molar-refractivity contribution is 7.98. The molecule has 1 aliphatic rings. The number of rotatable bonds is 11. The van der Waals surface area contributed by atoms with Crippen LogP contribution in [-0.2, 0) is 37.7 Å². The van der Waals surface area contributed by atoms with Crippen molar-refractivity contribution in [2.45, 2.75) is 89.7 Å². The summed E-state index contributed by atoms with van der Waals surface area (Å²) in [6.07, 6.45) is 6.95. The molecule has 0 aromatic carbocycles. The van der Waals surface area contributed by atoms with E-state index in [0.29, 0.717) is 39.7 Å². The van der Waals surface area contributed by atoms with Gasteiger partial charge in [-0.1, -0.05) is 35.0 Å².